The third kappa shape index (κ3) is 6.57. The number of phosphoric acid groups is 1. The van der Waals surface area contributed by atoms with E-state index in [1.165, 1.54) is 12.4 Å². The molecule has 0 unspecified atom stereocenters. The van der Waals surface area contributed by atoms with E-state index in [9.17, 15) is 9.36 Å². The molecule has 2 atom stereocenters. The lowest BCUT2D eigenvalue weighted by molar-refractivity contribution is 0.0234. The van der Waals surface area contributed by atoms with Gasteiger partial charge in [0.1, 0.15) is 11.4 Å². The Labute approximate surface area is 258 Å². The maximum atomic E-state index is 16.4. The fourth-order valence-corrected chi connectivity index (χ4v) is 7.12. The first-order chi connectivity index (χ1) is 21.1. The van der Waals surface area contributed by atoms with E-state index in [4.69, 9.17) is 18.3 Å². The number of phosphoric ester groups is 1. The molecule has 6 rings (SSSR count). The number of hydrogen-bond donors (Lipinski definition) is 2. The Hall–Kier alpha value is -2.83. The molecule has 0 radical (unpaired) electrons. The number of anilines is 2. The monoisotopic (exact) mass is 634 g/mol. The molecule has 2 N–H and O–H groups in total. The van der Waals surface area contributed by atoms with E-state index in [0.717, 1.165) is 30.6 Å². The zero-order chi connectivity index (χ0) is 31.5. The number of carbonyl (C=O) groups excluding carboxylic acids is 1. The quantitative estimate of drug-likeness (QED) is 0.170. The van der Waals surface area contributed by atoms with Gasteiger partial charge in [-0.05, 0) is 52.5 Å². The molecule has 5 heterocycles. The van der Waals surface area contributed by atoms with Gasteiger partial charge in [-0.2, -0.15) is 0 Å². The van der Waals surface area contributed by atoms with Gasteiger partial charge in [0.05, 0.1) is 37.4 Å². The molecular formula is C30H44FN6O6P. The van der Waals surface area contributed by atoms with Crippen LogP contribution in [-0.2, 0) is 28.5 Å². The van der Waals surface area contributed by atoms with Crippen molar-refractivity contribution in [1.82, 2.24) is 20.6 Å². The number of unbranched alkanes of at least 4 members (excludes halogenated alkanes) is 2. The SMILES string of the molecule is CCCCOP(=O)(OCCCC)OC(C)(C)c1ncc(-c2cc3c(c([C@H]4CCCO4)c2F)N2CN3[C@H]2NC(=O)NCC)cn1. The van der Waals surface area contributed by atoms with E-state index in [1.54, 1.807) is 19.9 Å². The lowest BCUT2D eigenvalue weighted by atomic mass is 9.96. The Morgan fingerprint density at radius 3 is 2.41 bits per heavy atom. The smallest absolute Gasteiger partial charge is 0.373 e. The predicted molar refractivity (Wildman–Crippen MR) is 165 cm³/mol. The fourth-order valence-electron chi connectivity index (χ4n) is 5.59. The van der Waals surface area contributed by atoms with Crippen molar-refractivity contribution >= 4 is 25.2 Å². The van der Waals surface area contributed by atoms with Crippen LogP contribution in [0.5, 0.6) is 0 Å². The molecule has 14 heteroatoms. The summed E-state index contributed by atoms with van der Waals surface area (Å²) in [4.78, 5) is 25.3. The molecule has 1 aromatic carbocycles. The standard InChI is InChI=1S/C30H44FN6O6P/c1-6-9-14-41-44(39,42-15-10-7-2)43-30(4,5)27-33-17-20(18-34-27)21-16-22-26(24(25(21)31)23-12-11-13-40-23)37-19-36(22)29(37)35-28(38)32-8-3/h16-18,23,29H,6-15,19H2,1-5H3,(H2,32,35,38)/t23-,29-/m1/s1. The maximum Gasteiger partial charge on any atom is 0.475 e. The zero-order valence-corrected chi connectivity index (χ0v) is 27.1. The molecule has 242 valence electrons. The minimum Gasteiger partial charge on any atom is -0.373 e. The Bertz CT molecular complexity index is 1360. The summed E-state index contributed by atoms with van der Waals surface area (Å²) in [7, 11) is -3.89. The Morgan fingerprint density at radius 2 is 1.82 bits per heavy atom. The molecule has 2 fully saturated rings. The van der Waals surface area contributed by atoms with Gasteiger partial charge in [-0.25, -0.2) is 23.7 Å². The van der Waals surface area contributed by atoms with E-state index < -0.39 is 31.6 Å². The van der Waals surface area contributed by atoms with Crippen molar-refractivity contribution < 1.29 is 32.1 Å². The first-order valence-corrected chi connectivity index (χ1v) is 17.1. The topological polar surface area (TPSA) is 127 Å². The van der Waals surface area contributed by atoms with Crippen molar-refractivity contribution in [3.8, 4) is 11.1 Å². The predicted octanol–water partition coefficient (Wildman–Crippen LogP) is 6.33. The summed E-state index contributed by atoms with van der Waals surface area (Å²) in [5, 5.41) is 5.71. The maximum absolute atomic E-state index is 16.4. The number of amides is 2. The number of halogens is 1. The molecular weight excluding hydrogens is 590 g/mol. The van der Waals surface area contributed by atoms with Crippen LogP contribution in [0.3, 0.4) is 0 Å². The second-order valence-corrected chi connectivity index (χ2v) is 13.3. The summed E-state index contributed by atoms with van der Waals surface area (Å²) in [5.74, 6) is -0.143. The number of nitrogens with zero attached hydrogens (tertiary/aromatic N) is 4. The number of urea groups is 1. The molecule has 0 spiro atoms. The van der Waals surface area contributed by atoms with E-state index >= 15 is 4.39 Å². The van der Waals surface area contributed by atoms with Crippen LogP contribution in [0, 0.1) is 5.82 Å². The Balaban J connectivity index is 1.42. The van der Waals surface area contributed by atoms with E-state index in [2.05, 4.69) is 20.6 Å². The van der Waals surface area contributed by atoms with Crippen LogP contribution < -0.4 is 20.4 Å². The Morgan fingerprint density at radius 1 is 1.14 bits per heavy atom. The average molecular weight is 635 g/mol. The van der Waals surface area contributed by atoms with Crippen molar-refractivity contribution in [2.24, 2.45) is 0 Å². The van der Waals surface area contributed by atoms with Gasteiger partial charge in [0.25, 0.3) is 0 Å². The summed E-state index contributed by atoms with van der Waals surface area (Å²) in [6, 6.07) is 1.49. The van der Waals surface area contributed by atoms with Crippen molar-refractivity contribution in [3.05, 3.63) is 35.7 Å². The summed E-state index contributed by atoms with van der Waals surface area (Å²) in [6.45, 7) is 11.4. The first-order valence-electron chi connectivity index (χ1n) is 15.6. The second kappa shape index (κ2) is 13.7. The van der Waals surface area contributed by atoms with Gasteiger partial charge < -0.3 is 25.2 Å². The van der Waals surface area contributed by atoms with Gasteiger partial charge in [0, 0.05) is 42.2 Å². The largest absolute Gasteiger partial charge is 0.475 e. The van der Waals surface area contributed by atoms with Crippen molar-refractivity contribution in [1.29, 1.82) is 0 Å². The summed E-state index contributed by atoms with van der Waals surface area (Å²) < 4.78 is 53.0. The first kappa shape index (κ1) is 32.6. The Kier molecular flexibility index (Phi) is 10.1. The molecule has 2 aromatic rings. The normalized spacial score (nSPS) is 19.2. The van der Waals surface area contributed by atoms with Crippen LogP contribution in [0.25, 0.3) is 11.1 Å². The summed E-state index contributed by atoms with van der Waals surface area (Å²) >= 11 is 0. The highest BCUT2D eigenvalue weighted by Crippen LogP contribution is 2.56. The third-order valence-electron chi connectivity index (χ3n) is 7.93. The minimum absolute atomic E-state index is 0.245. The van der Waals surface area contributed by atoms with E-state index in [1.807, 2.05) is 30.6 Å². The van der Waals surface area contributed by atoms with Crippen LogP contribution in [-0.4, -0.2) is 55.3 Å². The summed E-state index contributed by atoms with van der Waals surface area (Å²) in [6.07, 6.45) is 7.01. The molecule has 1 aromatic heterocycles. The third-order valence-corrected chi connectivity index (χ3v) is 9.61. The lowest BCUT2D eigenvalue weighted by Gasteiger charge is -2.44. The highest BCUT2D eigenvalue weighted by Gasteiger charge is 2.50. The molecule has 12 nitrogen and oxygen atoms in total. The molecule has 2 amide bonds. The number of aromatic nitrogens is 2. The van der Waals surface area contributed by atoms with E-state index in [-0.39, 0.29) is 25.1 Å². The van der Waals surface area contributed by atoms with Gasteiger partial charge >= 0.3 is 13.9 Å². The number of carbonyl (C=O) groups is 1. The molecule has 4 aliphatic rings. The van der Waals surface area contributed by atoms with Crippen molar-refractivity contribution in [2.75, 3.05) is 42.8 Å². The van der Waals surface area contributed by atoms with E-state index in [0.29, 0.717) is 55.8 Å². The average Bonchev–Trinajstić information content (AvgIpc) is 3.71. The highest BCUT2D eigenvalue weighted by molar-refractivity contribution is 7.48. The molecule has 2 bridgehead atoms. The molecule has 4 aliphatic heterocycles. The van der Waals surface area contributed by atoms with Crippen LogP contribution in [0.4, 0.5) is 20.6 Å². The molecule has 0 aliphatic carbocycles. The summed E-state index contributed by atoms with van der Waals surface area (Å²) in [5.41, 5.74) is 1.63. The molecule has 2 saturated heterocycles. The number of nitrogens with one attached hydrogen (secondary N) is 2. The number of rotatable bonds is 15. The number of hydrogen-bond acceptors (Lipinski definition) is 10. The molecule has 44 heavy (non-hydrogen) atoms. The second-order valence-electron chi connectivity index (χ2n) is 11.7. The number of benzene rings is 1. The van der Waals surface area contributed by atoms with Crippen LogP contribution in [0.1, 0.15) is 90.6 Å². The van der Waals surface area contributed by atoms with Crippen LogP contribution in [0.2, 0.25) is 0 Å². The minimum atomic E-state index is -3.89. The lowest BCUT2D eigenvalue weighted by Crippen LogP contribution is -2.68. The molecule has 0 saturated carbocycles. The van der Waals surface area contributed by atoms with Crippen molar-refractivity contribution in [3.63, 3.8) is 0 Å². The van der Waals surface area contributed by atoms with Gasteiger partial charge in [-0.3, -0.25) is 13.6 Å². The van der Waals surface area contributed by atoms with Gasteiger partial charge in [-0.15, -0.1) is 0 Å². The zero-order valence-electron chi connectivity index (χ0n) is 26.2. The van der Waals surface area contributed by atoms with Gasteiger partial charge in [-0.1, -0.05) is 26.7 Å². The highest BCUT2D eigenvalue weighted by atomic mass is 31.2. The van der Waals surface area contributed by atoms with Gasteiger partial charge in [0.2, 0.25) is 0 Å². The van der Waals surface area contributed by atoms with Gasteiger partial charge in [0.15, 0.2) is 12.1 Å². The fraction of sp³-hybridized carbons (Fsp3) is 0.633. The van der Waals surface area contributed by atoms with Crippen LogP contribution >= 0.6 is 7.82 Å². The van der Waals surface area contributed by atoms with Crippen molar-refractivity contribution in [2.45, 2.75) is 91.1 Å². The number of ether oxygens (including phenoxy) is 1. The van der Waals surface area contributed by atoms with Crippen LogP contribution in [0.15, 0.2) is 18.5 Å².